The van der Waals surface area contributed by atoms with Gasteiger partial charge in [0.15, 0.2) is 23.0 Å². The molecule has 74 heavy (non-hydrogen) atoms. The van der Waals surface area contributed by atoms with Gasteiger partial charge < -0.3 is 89.8 Å². The minimum atomic E-state index is -3.14. The number of carboxylic acid groups (broad SMARTS) is 1. The number of carbonyl (C=O) groups excluding carboxylic acids is 1. The highest BCUT2D eigenvalue weighted by molar-refractivity contribution is 5.90. The second kappa shape index (κ2) is 17.5. The van der Waals surface area contributed by atoms with Crippen LogP contribution in [0.3, 0.4) is 0 Å². The minimum absolute atomic E-state index is 0.0412. The lowest BCUT2D eigenvalue weighted by Crippen LogP contribution is -2.80. The SMILES string of the molecule is C[C@@H]1CCNC2NC=C([C@H]3C=C4Cc5[nH]ccc5C#CC[C@]5(O)[C@H](O)[C@@H](O)[C@@]4(Oc4cc6oc(-c7cc(O)c(O)c(CCO)c7)cc(=O)c6c(O)c43)O[C@@]53CC#C[C@]4(C(=O)O)O[C@H](OC3=O)[C@H](O)[C@@H](O)[C@@H]4O)C=C21. The molecule has 13 atom stereocenters. The molecule has 9 heterocycles. The monoisotopic (exact) mass is 1020 g/mol. The number of aliphatic hydroxyl groups is 7. The fourth-order valence-electron chi connectivity index (χ4n) is 11.2. The Balaban J connectivity index is 1.19. The highest BCUT2D eigenvalue weighted by Gasteiger charge is 2.75. The van der Waals surface area contributed by atoms with Crippen LogP contribution in [0.2, 0.25) is 0 Å². The van der Waals surface area contributed by atoms with Crippen molar-refractivity contribution in [3.8, 4) is 58.0 Å². The van der Waals surface area contributed by atoms with E-state index in [1.54, 1.807) is 18.5 Å². The fraction of sp³-hybridized carbons (Fsp3) is 0.404. The van der Waals surface area contributed by atoms with Crippen LogP contribution < -0.4 is 20.8 Å². The number of aromatic nitrogens is 1. The molecule has 4 bridgehead atoms. The third-order valence-electron chi connectivity index (χ3n) is 15.3. The Morgan fingerprint density at radius 3 is 2.53 bits per heavy atom. The number of benzene rings is 2. The Kier molecular flexibility index (Phi) is 11.6. The van der Waals surface area contributed by atoms with Crippen molar-refractivity contribution in [1.82, 2.24) is 15.6 Å². The van der Waals surface area contributed by atoms with Crippen molar-refractivity contribution in [2.45, 2.75) is 111 Å². The minimum Gasteiger partial charge on any atom is -0.507 e. The molecule has 7 aliphatic heterocycles. The molecule has 3 fully saturated rings. The van der Waals surface area contributed by atoms with Crippen LogP contribution in [0.4, 0.5) is 0 Å². The van der Waals surface area contributed by atoms with Gasteiger partial charge in [-0.3, -0.25) is 10.1 Å². The first kappa shape index (κ1) is 49.0. The number of rotatable bonds is 5. The second-order valence-corrected chi connectivity index (χ2v) is 19.5. The number of carbonyl (C=O) groups is 2. The number of hydrogen-bond acceptors (Lipinski definition) is 20. The molecule has 0 radical (unpaired) electrons. The number of esters is 1. The summed E-state index contributed by atoms with van der Waals surface area (Å²) in [6.07, 6.45) is -9.80. The van der Waals surface area contributed by atoms with E-state index < -0.39 is 125 Å². The Bertz CT molecular complexity index is 3360. The molecule has 8 aliphatic rings. The lowest BCUT2D eigenvalue weighted by Gasteiger charge is -2.57. The molecule has 4 aromatic rings. The molecule has 386 valence electrons. The van der Waals surface area contributed by atoms with E-state index in [0.29, 0.717) is 23.4 Å². The number of hydrogen-bond donors (Lipinski definition) is 14. The summed E-state index contributed by atoms with van der Waals surface area (Å²) in [6.45, 7) is 2.33. The molecule has 2 aromatic heterocycles. The zero-order chi connectivity index (χ0) is 52.4. The van der Waals surface area contributed by atoms with E-state index in [9.17, 15) is 65.8 Å². The standard InChI is InChI=1S/C52H49N3O19/c1-22-5-11-54-45-28(22)15-26(21-55-45)29-17-27-18-30-23(6-12-53-30)4-2-9-50(69)43(64)44(65)52(27,74-51(50)10-3-8-49(47(66)67)42(63)40(61)41(62)46(73-49)71-48(51)68)72-35-20-34-37(39(60)36(29)35)31(57)19-33(70-34)25-14-24(7-13-56)38(59)32(58)16-25/h6,12,14-17,19-22,29,40-46,53-56,58-65,69H,5,7,9-11,13,18H2,1H3,(H,66,67)/t22-,29-,40-,41-,42+,43-,44-,45?,46+,49+,50+,51-,52+/m1/s1. The first-order valence-electron chi connectivity index (χ1n) is 23.7. The number of aromatic amines is 1. The maximum Gasteiger partial charge on any atom is 0.351 e. The molecule has 3 saturated heterocycles. The van der Waals surface area contributed by atoms with Gasteiger partial charge in [-0.25, -0.2) is 9.59 Å². The van der Waals surface area contributed by atoms with Crippen LogP contribution in [0.15, 0.2) is 80.8 Å². The second-order valence-electron chi connectivity index (χ2n) is 19.5. The van der Waals surface area contributed by atoms with Gasteiger partial charge in [0, 0.05) is 83.4 Å². The molecule has 22 nitrogen and oxygen atoms in total. The number of piperidine rings is 1. The topological polar surface area (TPSA) is 364 Å². The predicted molar refractivity (Wildman–Crippen MR) is 251 cm³/mol. The molecule has 0 amide bonds. The largest absolute Gasteiger partial charge is 0.507 e. The zero-order valence-electron chi connectivity index (χ0n) is 39.0. The summed E-state index contributed by atoms with van der Waals surface area (Å²) in [7, 11) is 0. The number of aromatic hydroxyl groups is 3. The number of carboxylic acids is 1. The lowest BCUT2D eigenvalue weighted by molar-refractivity contribution is -0.378. The van der Waals surface area contributed by atoms with Crippen LogP contribution in [0, 0.1) is 29.6 Å². The van der Waals surface area contributed by atoms with Crippen molar-refractivity contribution in [2.24, 2.45) is 5.92 Å². The number of fused-ring (bicyclic) bond motifs is 7. The summed E-state index contributed by atoms with van der Waals surface area (Å²) in [5.74, 6) is 0.238. The van der Waals surface area contributed by atoms with E-state index in [-0.39, 0.29) is 63.9 Å². The van der Waals surface area contributed by atoms with E-state index in [2.05, 4.69) is 39.3 Å². The molecule has 1 unspecified atom stereocenters. The van der Waals surface area contributed by atoms with Crippen LogP contribution in [-0.4, -0.2) is 152 Å². The average Bonchev–Trinajstić information content (AvgIpc) is 3.80. The van der Waals surface area contributed by atoms with Crippen LogP contribution in [0.1, 0.15) is 54.5 Å². The third kappa shape index (κ3) is 7.10. The number of aliphatic carboxylic acids is 1. The normalized spacial score (nSPS) is 34.9. The Hall–Kier alpha value is -7.19. The number of H-pyrrole nitrogens is 1. The molecule has 2 aromatic carbocycles. The summed E-state index contributed by atoms with van der Waals surface area (Å²) in [6, 6.07) is 6.34. The van der Waals surface area contributed by atoms with Crippen molar-refractivity contribution in [3.05, 3.63) is 104 Å². The van der Waals surface area contributed by atoms with Crippen LogP contribution in [0.25, 0.3) is 22.3 Å². The highest BCUT2D eigenvalue weighted by Crippen LogP contribution is 2.56. The van der Waals surface area contributed by atoms with E-state index >= 15 is 4.79 Å². The van der Waals surface area contributed by atoms with Gasteiger partial charge in [0.2, 0.25) is 11.9 Å². The predicted octanol–water partition coefficient (Wildman–Crippen LogP) is -0.660. The van der Waals surface area contributed by atoms with Crippen molar-refractivity contribution in [3.63, 3.8) is 0 Å². The smallest absolute Gasteiger partial charge is 0.351 e. The van der Waals surface area contributed by atoms with Crippen LogP contribution in [-0.2, 0) is 36.6 Å². The number of phenols is 3. The summed E-state index contributed by atoms with van der Waals surface area (Å²) in [5.41, 5.74) is -8.37. The molecule has 22 heteroatoms. The Morgan fingerprint density at radius 2 is 1.76 bits per heavy atom. The number of nitrogens with one attached hydrogen (secondary N) is 3. The van der Waals surface area contributed by atoms with Gasteiger partial charge in [0.05, 0.1) is 12.6 Å². The van der Waals surface area contributed by atoms with Gasteiger partial charge in [-0.2, -0.15) is 0 Å². The molecule has 1 aliphatic carbocycles. The Morgan fingerprint density at radius 1 is 0.959 bits per heavy atom. The van der Waals surface area contributed by atoms with Gasteiger partial charge in [0.25, 0.3) is 11.4 Å². The van der Waals surface area contributed by atoms with E-state index in [0.717, 1.165) is 24.1 Å². The van der Waals surface area contributed by atoms with Gasteiger partial charge in [-0.05, 0) is 54.6 Å². The van der Waals surface area contributed by atoms with E-state index in [1.165, 1.54) is 18.2 Å². The maximum atomic E-state index is 15.2. The summed E-state index contributed by atoms with van der Waals surface area (Å²) >= 11 is 0. The van der Waals surface area contributed by atoms with Crippen molar-refractivity contribution < 1.29 is 89.1 Å². The van der Waals surface area contributed by atoms with E-state index in [1.807, 2.05) is 13.0 Å². The maximum absolute atomic E-state index is 15.2. The van der Waals surface area contributed by atoms with Crippen LogP contribution in [0.5, 0.6) is 23.0 Å². The summed E-state index contributed by atoms with van der Waals surface area (Å²) < 4.78 is 31.2. The molecule has 14 N–H and O–H groups in total. The van der Waals surface area contributed by atoms with Gasteiger partial charge in [-0.15, -0.1) is 0 Å². The van der Waals surface area contributed by atoms with Gasteiger partial charge >= 0.3 is 11.9 Å². The fourth-order valence-corrected chi connectivity index (χ4v) is 11.2. The number of ether oxygens (including phenoxy) is 4. The molecular formula is C52H49N3O19. The molecule has 0 saturated carbocycles. The summed E-state index contributed by atoms with van der Waals surface area (Å²) in [4.78, 5) is 45.6. The number of allylic oxidation sites excluding steroid dienone is 3. The Labute approximate surface area is 418 Å². The average molecular weight is 1020 g/mol. The van der Waals surface area contributed by atoms with Gasteiger partial charge in [0.1, 0.15) is 58.2 Å². The van der Waals surface area contributed by atoms with Crippen LogP contribution >= 0.6 is 0 Å². The zero-order valence-corrected chi connectivity index (χ0v) is 39.0. The number of phenolic OH excluding ortho intramolecular Hbond substituents is 3. The molecule has 2 spiro atoms. The van der Waals surface area contributed by atoms with Gasteiger partial charge in [-0.1, -0.05) is 42.8 Å². The lowest BCUT2D eigenvalue weighted by atomic mass is 9.67. The molecule has 12 rings (SSSR count). The first-order chi connectivity index (χ1) is 35.3. The van der Waals surface area contributed by atoms with E-state index in [4.69, 9.17) is 23.4 Å². The number of aliphatic hydroxyl groups excluding tert-OH is 6. The first-order valence-corrected chi connectivity index (χ1v) is 23.7. The number of dihydropyridines is 1. The summed E-state index contributed by atoms with van der Waals surface area (Å²) in [5, 5.41) is 132. The third-order valence-corrected chi connectivity index (χ3v) is 15.3. The highest BCUT2D eigenvalue weighted by atomic mass is 16.8. The quantitative estimate of drug-likeness (QED) is 0.0511. The molecular weight excluding hydrogens is 971 g/mol. The van der Waals surface area contributed by atoms with Crippen molar-refractivity contribution >= 4 is 22.9 Å². The van der Waals surface area contributed by atoms with Crippen molar-refractivity contribution in [2.75, 3.05) is 13.2 Å². The van der Waals surface area contributed by atoms with Crippen molar-refractivity contribution in [1.29, 1.82) is 0 Å².